The molecule has 0 bridgehead atoms. The maximum Gasteiger partial charge on any atom is 0.0623 e. The van der Waals surface area contributed by atoms with Crippen molar-refractivity contribution in [2.24, 2.45) is 11.8 Å². The van der Waals surface area contributed by atoms with E-state index in [-0.39, 0.29) is 5.25 Å². The van der Waals surface area contributed by atoms with Gasteiger partial charge in [-0.15, -0.1) is 5.73 Å². The molecule has 27 heavy (non-hydrogen) atoms. The van der Waals surface area contributed by atoms with Gasteiger partial charge in [-0.05, 0) is 30.1 Å². The predicted octanol–water partition coefficient (Wildman–Crippen LogP) is 6.17. The second-order valence-corrected chi connectivity index (χ2v) is 7.95. The molecule has 3 heteroatoms. The van der Waals surface area contributed by atoms with Gasteiger partial charge in [0.05, 0.1) is 18.5 Å². The van der Waals surface area contributed by atoms with Crippen molar-refractivity contribution in [3.63, 3.8) is 0 Å². The molecule has 0 heterocycles. The molecule has 2 rings (SSSR count). The quantitative estimate of drug-likeness (QED) is 0.248. The van der Waals surface area contributed by atoms with Crippen molar-refractivity contribution in [3.8, 4) is 0 Å². The average molecular weight is 387 g/mol. The van der Waals surface area contributed by atoms with Crippen LogP contribution in [0.25, 0.3) is 0 Å². The smallest absolute Gasteiger partial charge is 0.0623 e. The van der Waals surface area contributed by atoms with Crippen LogP contribution in [0.4, 0.5) is 0 Å². The molecule has 1 aromatic carbocycles. The van der Waals surface area contributed by atoms with Crippen LogP contribution in [-0.2, 0) is 9.47 Å². The highest BCUT2D eigenvalue weighted by Crippen LogP contribution is 2.23. The fourth-order valence-corrected chi connectivity index (χ4v) is 3.55. The van der Waals surface area contributed by atoms with Crippen LogP contribution in [0.3, 0.4) is 0 Å². The van der Waals surface area contributed by atoms with Gasteiger partial charge >= 0.3 is 0 Å². The van der Waals surface area contributed by atoms with Crippen molar-refractivity contribution in [1.82, 2.24) is 0 Å². The Balaban J connectivity index is 1.42. The Morgan fingerprint density at radius 1 is 1.00 bits per heavy atom. The Morgan fingerprint density at radius 2 is 1.67 bits per heavy atom. The molecular formula is C24H34O2S. The molecule has 0 aromatic heterocycles. The predicted molar refractivity (Wildman–Crippen MR) is 117 cm³/mol. The van der Waals surface area contributed by atoms with E-state index in [2.05, 4.69) is 56.5 Å². The number of ether oxygens (including phenoxy) is 2. The minimum Gasteiger partial charge on any atom is -0.381 e. The zero-order chi connectivity index (χ0) is 19.3. The maximum atomic E-state index is 5.86. The van der Waals surface area contributed by atoms with Crippen LogP contribution in [0, 0.1) is 11.8 Å². The van der Waals surface area contributed by atoms with Crippen molar-refractivity contribution in [2.45, 2.75) is 44.8 Å². The molecule has 1 unspecified atom stereocenters. The first-order chi connectivity index (χ1) is 13.2. The summed E-state index contributed by atoms with van der Waals surface area (Å²) in [5.74, 6) is 0.917. The number of benzene rings is 1. The van der Waals surface area contributed by atoms with E-state index in [1.165, 1.54) is 24.0 Å². The molecule has 3 atom stereocenters. The summed E-state index contributed by atoms with van der Waals surface area (Å²) in [7, 11) is 0. The summed E-state index contributed by atoms with van der Waals surface area (Å²) in [5, 5.41) is 0.161. The Bertz CT molecular complexity index is 617. The lowest BCUT2D eigenvalue weighted by Crippen LogP contribution is -2.14. The van der Waals surface area contributed by atoms with E-state index in [0.29, 0.717) is 18.4 Å². The summed E-state index contributed by atoms with van der Waals surface area (Å²) in [6.45, 7) is 7.58. The van der Waals surface area contributed by atoms with E-state index in [0.717, 1.165) is 32.7 Å². The highest BCUT2D eigenvalue weighted by Gasteiger charge is 2.14. The van der Waals surface area contributed by atoms with Crippen LogP contribution in [0.5, 0.6) is 0 Å². The summed E-state index contributed by atoms with van der Waals surface area (Å²) in [6, 6.07) is 10.3. The Morgan fingerprint density at radius 3 is 2.33 bits per heavy atom. The Hall–Kier alpha value is -1.25. The Kier molecular flexibility index (Phi) is 10.6. The second kappa shape index (κ2) is 13.0. The number of allylic oxidation sites excluding steroid dienone is 2. The van der Waals surface area contributed by atoms with Crippen molar-refractivity contribution in [1.29, 1.82) is 0 Å². The fraction of sp³-hybridized carbons (Fsp3) is 0.542. The molecule has 1 aromatic rings. The molecule has 2 nitrogen and oxygen atoms in total. The van der Waals surface area contributed by atoms with Gasteiger partial charge in [0.15, 0.2) is 0 Å². The number of rotatable bonds is 13. The van der Waals surface area contributed by atoms with Crippen LogP contribution in [0.15, 0.2) is 59.9 Å². The van der Waals surface area contributed by atoms with E-state index in [1.807, 2.05) is 24.3 Å². The molecule has 0 saturated heterocycles. The van der Waals surface area contributed by atoms with Crippen molar-refractivity contribution in [3.05, 3.63) is 65.4 Å². The van der Waals surface area contributed by atoms with Gasteiger partial charge in [0.25, 0.3) is 0 Å². The van der Waals surface area contributed by atoms with Crippen LogP contribution in [0.1, 0.15) is 50.3 Å². The molecule has 0 radical (unpaired) electrons. The summed E-state index contributed by atoms with van der Waals surface area (Å²) in [5.41, 5.74) is 5.95. The number of hydrogen-bond acceptors (Lipinski definition) is 3. The molecule has 0 spiro atoms. The molecule has 0 amide bonds. The SMILES string of the molecule is CC1C=CC=C=C1[C@H](C)COCCCCCCOC[C@@H](S)c1ccccc1. The highest BCUT2D eigenvalue weighted by molar-refractivity contribution is 7.80. The lowest BCUT2D eigenvalue weighted by molar-refractivity contribution is 0.106. The zero-order valence-corrected chi connectivity index (χ0v) is 17.7. The van der Waals surface area contributed by atoms with Gasteiger partial charge in [-0.1, -0.05) is 69.2 Å². The number of hydrogen-bond donors (Lipinski definition) is 1. The Labute approximate surface area is 170 Å². The molecule has 0 aliphatic heterocycles. The summed E-state index contributed by atoms with van der Waals surface area (Å²) < 4.78 is 11.6. The van der Waals surface area contributed by atoms with Gasteiger partial charge in [0.1, 0.15) is 0 Å². The highest BCUT2D eigenvalue weighted by atomic mass is 32.1. The summed E-state index contributed by atoms with van der Waals surface area (Å²) in [6.07, 6.45) is 10.9. The third kappa shape index (κ3) is 8.53. The molecular weight excluding hydrogens is 352 g/mol. The van der Waals surface area contributed by atoms with Crippen LogP contribution in [-0.4, -0.2) is 26.4 Å². The third-order valence-corrected chi connectivity index (χ3v) is 5.37. The van der Waals surface area contributed by atoms with Crippen molar-refractivity contribution in [2.75, 3.05) is 26.4 Å². The lowest BCUT2D eigenvalue weighted by atomic mass is 9.89. The van der Waals surface area contributed by atoms with Crippen molar-refractivity contribution < 1.29 is 9.47 Å². The van der Waals surface area contributed by atoms with Crippen LogP contribution >= 0.6 is 12.6 Å². The largest absolute Gasteiger partial charge is 0.381 e. The third-order valence-electron chi connectivity index (χ3n) is 4.92. The van der Waals surface area contributed by atoms with Gasteiger partial charge < -0.3 is 9.47 Å². The molecule has 0 N–H and O–H groups in total. The van der Waals surface area contributed by atoms with Gasteiger partial charge in [0, 0.05) is 25.0 Å². The standard InChI is InChI=1S/C24H34O2S/c1-20-12-8-9-15-23(20)21(2)18-25-16-10-3-4-11-17-26-19-24(27)22-13-6-5-7-14-22/h5-9,12-14,20-21,24,27H,3-4,10-11,16-19H2,1-2H3/t20?,21-,24-/m1/s1. The first kappa shape index (κ1) is 22.0. The maximum absolute atomic E-state index is 5.86. The summed E-state index contributed by atoms with van der Waals surface area (Å²) in [4.78, 5) is 0. The van der Waals surface area contributed by atoms with Gasteiger partial charge in [-0.3, -0.25) is 0 Å². The molecule has 0 fully saturated rings. The number of thiol groups is 1. The average Bonchev–Trinajstić information content (AvgIpc) is 2.70. The first-order valence-electron chi connectivity index (χ1n) is 10.2. The fourth-order valence-electron chi connectivity index (χ4n) is 3.27. The van der Waals surface area contributed by atoms with Crippen LogP contribution in [0.2, 0.25) is 0 Å². The topological polar surface area (TPSA) is 18.5 Å². The van der Waals surface area contributed by atoms with Gasteiger partial charge in [-0.25, -0.2) is 0 Å². The lowest BCUT2D eigenvalue weighted by Gasteiger charge is -2.19. The minimum absolute atomic E-state index is 0.161. The molecule has 0 saturated carbocycles. The van der Waals surface area contributed by atoms with E-state index >= 15 is 0 Å². The van der Waals surface area contributed by atoms with Crippen molar-refractivity contribution >= 4 is 12.6 Å². The molecule has 1 aliphatic carbocycles. The van der Waals surface area contributed by atoms with E-state index in [4.69, 9.17) is 9.47 Å². The second-order valence-electron chi connectivity index (χ2n) is 7.33. The van der Waals surface area contributed by atoms with Gasteiger partial charge in [0.2, 0.25) is 0 Å². The normalized spacial score (nSPS) is 18.3. The molecule has 148 valence electrons. The number of unbranched alkanes of at least 4 members (excludes halogenated alkanes) is 3. The zero-order valence-electron chi connectivity index (χ0n) is 16.8. The van der Waals surface area contributed by atoms with E-state index in [1.54, 1.807) is 0 Å². The van der Waals surface area contributed by atoms with Crippen LogP contribution < -0.4 is 0 Å². The van der Waals surface area contributed by atoms with E-state index in [9.17, 15) is 0 Å². The molecule has 1 aliphatic rings. The minimum atomic E-state index is 0.161. The first-order valence-corrected chi connectivity index (χ1v) is 10.7. The van der Waals surface area contributed by atoms with Gasteiger partial charge in [-0.2, -0.15) is 12.6 Å². The monoisotopic (exact) mass is 386 g/mol. The van der Waals surface area contributed by atoms with E-state index < -0.39 is 0 Å². The summed E-state index contributed by atoms with van der Waals surface area (Å²) >= 11 is 4.61.